The number of aryl methyl sites for hydroxylation is 1. The normalized spacial score (nSPS) is 17.1. The summed E-state index contributed by atoms with van der Waals surface area (Å²) in [6.07, 6.45) is 9.46. The number of dihydropyridines is 1. The highest BCUT2D eigenvalue weighted by Crippen LogP contribution is 2.54. The van der Waals surface area contributed by atoms with Crippen molar-refractivity contribution in [2.45, 2.75) is 13.8 Å². The maximum absolute atomic E-state index is 6.20. The largest absolute Gasteiger partial charge is 0.362 e. The van der Waals surface area contributed by atoms with Crippen LogP contribution < -0.4 is 10.8 Å². The summed E-state index contributed by atoms with van der Waals surface area (Å²) < 4.78 is 0. The van der Waals surface area contributed by atoms with E-state index in [0.717, 1.165) is 44.4 Å². The number of allylic oxidation sites excluding steroid dienone is 5. The molecule has 0 aromatic heterocycles. The summed E-state index contributed by atoms with van der Waals surface area (Å²) in [6.45, 7) is 16.3. The predicted octanol–water partition coefficient (Wildman–Crippen LogP) is 5.65. The van der Waals surface area contributed by atoms with Crippen LogP contribution in [0.4, 0.5) is 0 Å². The standard InChI is InChI=1S/C21H25N2PS/c1-7-18-11-10-14(2)20(13-18)21(15(3)17(5)24(6,22)25)19-9-8-12-23-16(19)4/h7-13,23,25H,1,4-6,22H2,2-3H3/b21-15+. The molecule has 1 heterocycles. The van der Waals surface area contributed by atoms with E-state index in [1.54, 1.807) is 0 Å². The minimum Gasteiger partial charge on any atom is -0.362 e. The number of thiol groups is 1. The highest BCUT2D eigenvalue weighted by molar-refractivity contribution is 8.52. The van der Waals surface area contributed by atoms with Crippen LogP contribution in [0.1, 0.15) is 23.6 Å². The Morgan fingerprint density at radius 2 is 2.04 bits per heavy atom. The lowest BCUT2D eigenvalue weighted by atomic mass is 9.87. The van der Waals surface area contributed by atoms with Gasteiger partial charge in [0.2, 0.25) is 0 Å². The maximum Gasteiger partial charge on any atom is 0.0386 e. The van der Waals surface area contributed by atoms with Crippen molar-refractivity contribution in [3.63, 3.8) is 0 Å². The molecule has 2 rings (SSSR count). The lowest BCUT2D eigenvalue weighted by Gasteiger charge is -2.25. The van der Waals surface area contributed by atoms with Gasteiger partial charge < -0.3 is 10.8 Å². The van der Waals surface area contributed by atoms with E-state index in [1.807, 2.05) is 31.4 Å². The first-order valence-electron chi connectivity index (χ1n) is 7.88. The number of hydrogen-bond donors (Lipinski definition) is 3. The van der Waals surface area contributed by atoms with Gasteiger partial charge in [0.15, 0.2) is 0 Å². The molecule has 25 heavy (non-hydrogen) atoms. The molecule has 1 unspecified atom stereocenters. The van der Waals surface area contributed by atoms with Crippen molar-refractivity contribution in [1.82, 2.24) is 5.32 Å². The third-order valence-corrected chi connectivity index (χ3v) is 6.25. The zero-order valence-corrected chi connectivity index (χ0v) is 16.6. The lowest BCUT2D eigenvalue weighted by Crippen LogP contribution is -2.12. The fourth-order valence-corrected chi connectivity index (χ4v) is 3.87. The van der Waals surface area contributed by atoms with Crippen LogP contribution in [0, 0.1) is 6.92 Å². The van der Waals surface area contributed by atoms with Crippen LogP contribution in [0.5, 0.6) is 0 Å². The van der Waals surface area contributed by atoms with Gasteiger partial charge in [-0.15, -0.1) is 12.2 Å². The third kappa shape index (κ3) is 4.19. The summed E-state index contributed by atoms with van der Waals surface area (Å²) in [7, 11) is 0. The van der Waals surface area contributed by atoms with Gasteiger partial charge in [-0.3, -0.25) is 0 Å². The summed E-state index contributed by atoms with van der Waals surface area (Å²) in [4.78, 5) is 0. The molecule has 1 aromatic carbocycles. The average Bonchev–Trinajstić information content (AvgIpc) is 2.56. The number of hydrogen-bond acceptors (Lipinski definition) is 3. The fourth-order valence-electron chi connectivity index (χ4n) is 2.73. The van der Waals surface area contributed by atoms with Crippen LogP contribution in [0.15, 0.2) is 78.4 Å². The minimum atomic E-state index is -2.27. The average molecular weight is 368 g/mol. The number of benzene rings is 1. The first kappa shape index (κ1) is 19.4. The van der Waals surface area contributed by atoms with Gasteiger partial charge in [0, 0.05) is 23.7 Å². The first-order valence-corrected chi connectivity index (χ1v) is 11.1. The zero-order chi connectivity index (χ0) is 18.8. The van der Waals surface area contributed by atoms with Crippen molar-refractivity contribution in [1.29, 1.82) is 0 Å². The van der Waals surface area contributed by atoms with Gasteiger partial charge >= 0.3 is 0 Å². The molecule has 1 aliphatic rings. The SMILES string of the molecule is C=Cc1ccc(C)c(/C(C2=CC=CNC2=C)=C(\C)C(=C)P(=C)(N)S)c1. The predicted molar refractivity (Wildman–Crippen MR) is 120 cm³/mol. The first-order chi connectivity index (χ1) is 11.7. The Morgan fingerprint density at radius 3 is 2.60 bits per heavy atom. The molecule has 0 radical (unpaired) electrons. The van der Waals surface area contributed by atoms with Gasteiger partial charge in [-0.2, -0.15) is 0 Å². The Hall–Kier alpha value is -1.93. The van der Waals surface area contributed by atoms with Crippen LogP contribution in [-0.4, -0.2) is 6.30 Å². The summed E-state index contributed by atoms with van der Waals surface area (Å²) >= 11 is 4.50. The Labute approximate surface area is 156 Å². The zero-order valence-electron chi connectivity index (χ0n) is 14.8. The minimum absolute atomic E-state index is 0.775. The molecule has 0 spiro atoms. The molecule has 1 aliphatic heterocycles. The monoisotopic (exact) mass is 368 g/mol. The van der Waals surface area contributed by atoms with E-state index < -0.39 is 6.24 Å². The molecule has 1 atom stereocenters. The van der Waals surface area contributed by atoms with Gasteiger partial charge in [0.05, 0.1) is 0 Å². The molecule has 0 amide bonds. The Bertz CT molecular complexity index is 894. The molecule has 0 bridgehead atoms. The van der Waals surface area contributed by atoms with Crippen molar-refractivity contribution in [2.75, 3.05) is 0 Å². The second kappa shape index (κ2) is 7.53. The summed E-state index contributed by atoms with van der Waals surface area (Å²) in [5, 5.41) is 3.95. The van der Waals surface area contributed by atoms with E-state index in [2.05, 4.69) is 68.7 Å². The smallest absolute Gasteiger partial charge is 0.0386 e. The highest BCUT2D eigenvalue weighted by Gasteiger charge is 2.21. The highest BCUT2D eigenvalue weighted by atomic mass is 32.7. The topological polar surface area (TPSA) is 38.0 Å². The number of nitrogens with two attached hydrogens (primary N) is 1. The molecule has 2 nitrogen and oxygen atoms in total. The van der Waals surface area contributed by atoms with Gasteiger partial charge in [-0.05, 0) is 59.1 Å². The number of rotatable bonds is 5. The van der Waals surface area contributed by atoms with Crippen LogP contribution in [-0.2, 0) is 0 Å². The van der Waals surface area contributed by atoms with Crippen molar-refractivity contribution in [2.24, 2.45) is 5.50 Å². The summed E-state index contributed by atoms with van der Waals surface area (Å²) in [5.74, 6) is 0. The summed E-state index contributed by atoms with van der Waals surface area (Å²) in [5.41, 5.74) is 13.4. The van der Waals surface area contributed by atoms with Crippen molar-refractivity contribution < 1.29 is 0 Å². The second-order valence-corrected chi connectivity index (χ2v) is 10.4. The second-order valence-electron chi connectivity index (χ2n) is 6.11. The van der Waals surface area contributed by atoms with Crippen molar-refractivity contribution >= 4 is 36.4 Å². The quantitative estimate of drug-likeness (QED) is 0.357. The molecule has 0 fully saturated rings. The van der Waals surface area contributed by atoms with Gasteiger partial charge in [0.1, 0.15) is 0 Å². The van der Waals surface area contributed by atoms with E-state index in [-0.39, 0.29) is 0 Å². The Kier molecular flexibility index (Phi) is 5.84. The maximum atomic E-state index is 6.20. The molecular formula is C21H25N2PS. The van der Waals surface area contributed by atoms with Gasteiger partial charge in [-0.1, -0.05) is 50.3 Å². The fraction of sp³-hybridized carbons (Fsp3) is 0.0952. The van der Waals surface area contributed by atoms with Crippen LogP contribution in [0.25, 0.3) is 11.6 Å². The van der Waals surface area contributed by atoms with Gasteiger partial charge in [-0.25, -0.2) is 0 Å². The van der Waals surface area contributed by atoms with Crippen LogP contribution >= 0.6 is 18.5 Å². The molecule has 4 heteroatoms. The molecule has 1 aromatic rings. The molecule has 3 N–H and O–H groups in total. The van der Waals surface area contributed by atoms with E-state index in [4.69, 9.17) is 5.50 Å². The number of nitrogens with one attached hydrogen (secondary N) is 1. The van der Waals surface area contributed by atoms with Crippen LogP contribution in [0.3, 0.4) is 0 Å². The molecule has 130 valence electrons. The summed E-state index contributed by atoms with van der Waals surface area (Å²) in [6, 6.07) is 6.27. The van der Waals surface area contributed by atoms with E-state index in [9.17, 15) is 0 Å². The van der Waals surface area contributed by atoms with Crippen LogP contribution in [0.2, 0.25) is 0 Å². The molecule has 0 saturated carbocycles. The Morgan fingerprint density at radius 1 is 1.36 bits per heavy atom. The van der Waals surface area contributed by atoms with Crippen molar-refractivity contribution in [3.05, 3.63) is 95.1 Å². The van der Waals surface area contributed by atoms with Crippen molar-refractivity contribution in [3.8, 4) is 0 Å². The third-order valence-electron chi connectivity index (χ3n) is 4.25. The molecular weight excluding hydrogens is 343 g/mol. The Balaban J connectivity index is 2.83. The van der Waals surface area contributed by atoms with E-state index >= 15 is 0 Å². The molecule has 0 aliphatic carbocycles. The van der Waals surface area contributed by atoms with Gasteiger partial charge in [0.25, 0.3) is 0 Å². The lowest BCUT2D eigenvalue weighted by molar-refractivity contribution is 1.08. The van der Waals surface area contributed by atoms with E-state index in [1.165, 1.54) is 0 Å². The van der Waals surface area contributed by atoms with E-state index in [0.29, 0.717) is 0 Å². The molecule has 0 saturated heterocycles.